The van der Waals surface area contributed by atoms with E-state index in [0.29, 0.717) is 0 Å². The fourth-order valence-electron chi connectivity index (χ4n) is 2.03. The van der Waals surface area contributed by atoms with Gasteiger partial charge in [-0.25, -0.2) is 0 Å². The maximum absolute atomic E-state index is 11.5. The van der Waals surface area contributed by atoms with Gasteiger partial charge < -0.3 is 9.47 Å². The van der Waals surface area contributed by atoms with Crippen LogP contribution in [-0.2, 0) is 9.53 Å². The van der Waals surface area contributed by atoms with Gasteiger partial charge in [0.2, 0.25) is 0 Å². The number of nitrogens with one attached hydrogen (secondary N) is 1. The molecule has 0 bridgehead atoms. The maximum Gasteiger partial charge on any atom is 0.294 e. The Morgan fingerprint density at radius 2 is 1.95 bits per heavy atom. The Kier molecular flexibility index (Phi) is 3.12. The average Bonchev–Trinajstić information content (AvgIpc) is 2.76. The van der Waals surface area contributed by atoms with Crippen LogP contribution in [0.15, 0.2) is 42.2 Å². The second-order valence-electron chi connectivity index (χ2n) is 4.32. The number of rotatable bonds is 2. The molecule has 1 aliphatic heterocycles. The molecule has 0 aromatic heterocycles. The smallest absolute Gasteiger partial charge is 0.294 e. The van der Waals surface area contributed by atoms with Crippen molar-refractivity contribution in [2.45, 2.75) is 0 Å². The van der Waals surface area contributed by atoms with Crippen LogP contribution in [0.4, 0.5) is 0 Å². The van der Waals surface area contributed by atoms with Gasteiger partial charge in [0.25, 0.3) is 11.1 Å². The molecule has 100 valence electrons. The standard InChI is InChI=1S/C15H11NO3S/c1-18-12-5-4-10-6-9(2-3-11(10)8-12)7-13-14(17)16-15(20)19-13/h2-8H,1H3,(H,16,17,20)/b13-7-. The van der Waals surface area contributed by atoms with E-state index in [1.165, 1.54) is 0 Å². The van der Waals surface area contributed by atoms with Gasteiger partial charge in [-0.1, -0.05) is 18.2 Å². The number of carbonyl (C=O) groups excluding carboxylic acids is 1. The lowest BCUT2D eigenvalue weighted by Crippen LogP contribution is -2.18. The SMILES string of the molecule is COc1ccc2cc(/C=C3\OC(=S)NC3=O)ccc2c1. The Hall–Kier alpha value is -2.40. The van der Waals surface area contributed by atoms with E-state index in [9.17, 15) is 4.79 Å². The molecule has 0 spiro atoms. The van der Waals surface area contributed by atoms with E-state index >= 15 is 0 Å². The van der Waals surface area contributed by atoms with E-state index in [4.69, 9.17) is 21.7 Å². The minimum Gasteiger partial charge on any atom is -0.497 e. The highest BCUT2D eigenvalue weighted by atomic mass is 32.1. The number of amides is 1. The lowest BCUT2D eigenvalue weighted by Gasteiger charge is -2.03. The van der Waals surface area contributed by atoms with Crippen LogP contribution in [0.3, 0.4) is 0 Å². The van der Waals surface area contributed by atoms with Crippen LogP contribution >= 0.6 is 12.2 Å². The highest BCUT2D eigenvalue weighted by Gasteiger charge is 2.22. The first kappa shape index (κ1) is 12.6. The van der Waals surface area contributed by atoms with E-state index in [-0.39, 0.29) is 16.8 Å². The average molecular weight is 285 g/mol. The van der Waals surface area contributed by atoms with Gasteiger partial charge in [0.15, 0.2) is 5.76 Å². The lowest BCUT2D eigenvalue weighted by atomic mass is 10.1. The van der Waals surface area contributed by atoms with Crippen LogP contribution < -0.4 is 10.1 Å². The molecule has 20 heavy (non-hydrogen) atoms. The molecular weight excluding hydrogens is 274 g/mol. The summed E-state index contributed by atoms with van der Waals surface area (Å²) < 4.78 is 10.3. The minimum atomic E-state index is -0.315. The highest BCUT2D eigenvalue weighted by molar-refractivity contribution is 7.80. The maximum atomic E-state index is 11.5. The quantitative estimate of drug-likeness (QED) is 0.680. The molecule has 1 fully saturated rings. The summed E-state index contributed by atoms with van der Waals surface area (Å²) in [5.74, 6) is 0.708. The molecule has 1 heterocycles. The Morgan fingerprint density at radius 1 is 1.20 bits per heavy atom. The van der Waals surface area contributed by atoms with Crippen molar-refractivity contribution in [3.05, 3.63) is 47.7 Å². The van der Waals surface area contributed by atoms with Gasteiger partial charge in [0, 0.05) is 0 Å². The third-order valence-electron chi connectivity index (χ3n) is 3.01. The van der Waals surface area contributed by atoms with Gasteiger partial charge in [0.05, 0.1) is 7.11 Å². The number of hydrogen-bond donors (Lipinski definition) is 1. The molecule has 0 saturated carbocycles. The summed E-state index contributed by atoms with van der Waals surface area (Å²) in [6.45, 7) is 0. The number of fused-ring (bicyclic) bond motifs is 1. The molecule has 0 unspecified atom stereocenters. The summed E-state index contributed by atoms with van der Waals surface area (Å²) >= 11 is 4.79. The van der Waals surface area contributed by atoms with Crippen LogP contribution in [0, 0.1) is 0 Å². The second kappa shape index (κ2) is 4.94. The van der Waals surface area contributed by atoms with Crippen LogP contribution in [0.1, 0.15) is 5.56 Å². The van der Waals surface area contributed by atoms with Crippen molar-refractivity contribution in [2.75, 3.05) is 7.11 Å². The van der Waals surface area contributed by atoms with E-state index in [1.807, 2.05) is 36.4 Å². The van der Waals surface area contributed by atoms with Crippen LogP contribution in [-0.4, -0.2) is 18.2 Å². The van der Waals surface area contributed by atoms with Crippen molar-refractivity contribution in [3.8, 4) is 5.75 Å². The van der Waals surface area contributed by atoms with Gasteiger partial charge in [-0.2, -0.15) is 0 Å². The van der Waals surface area contributed by atoms with Gasteiger partial charge in [0.1, 0.15) is 5.75 Å². The first-order valence-electron chi connectivity index (χ1n) is 5.98. The number of ether oxygens (including phenoxy) is 2. The molecule has 1 saturated heterocycles. The summed E-state index contributed by atoms with van der Waals surface area (Å²) in [6.07, 6.45) is 1.66. The van der Waals surface area contributed by atoms with E-state index in [0.717, 1.165) is 22.1 Å². The molecule has 2 aromatic rings. The molecular formula is C15H11NO3S. The zero-order valence-electron chi connectivity index (χ0n) is 10.7. The highest BCUT2D eigenvalue weighted by Crippen LogP contribution is 2.23. The van der Waals surface area contributed by atoms with Crippen molar-refractivity contribution < 1.29 is 14.3 Å². The van der Waals surface area contributed by atoms with Gasteiger partial charge in [-0.05, 0) is 52.8 Å². The first-order valence-corrected chi connectivity index (χ1v) is 6.39. The molecule has 0 radical (unpaired) electrons. The van der Waals surface area contributed by atoms with E-state index in [1.54, 1.807) is 13.2 Å². The Balaban J connectivity index is 1.99. The molecule has 1 N–H and O–H groups in total. The molecule has 1 aliphatic rings. The summed E-state index contributed by atoms with van der Waals surface area (Å²) in [7, 11) is 1.64. The predicted molar refractivity (Wildman–Crippen MR) is 80.3 cm³/mol. The number of hydrogen-bond acceptors (Lipinski definition) is 4. The molecule has 1 amide bonds. The summed E-state index contributed by atoms with van der Waals surface area (Å²) in [5, 5.41) is 4.64. The van der Waals surface area contributed by atoms with Crippen LogP contribution in [0.2, 0.25) is 0 Å². The number of benzene rings is 2. The normalized spacial score (nSPS) is 16.4. The van der Waals surface area contributed by atoms with Gasteiger partial charge in [-0.15, -0.1) is 0 Å². The first-order chi connectivity index (χ1) is 9.65. The number of thiocarbonyl (C=S) groups is 1. The van der Waals surface area contributed by atoms with Crippen molar-refractivity contribution >= 4 is 40.1 Å². The Morgan fingerprint density at radius 3 is 2.65 bits per heavy atom. The third kappa shape index (κ3) is 2.35. The van der Waals surface area contributed by atoms with Crippen LogP contribution in [0.5, 0.6) is 5.75 Å². The zero-order valence-corrected chi connectivity index (χ0v) is 11.5. The summed E-state index contributed by atoms with van der Waals surface area (Å²) in [6, 6.07) is 11.7. The molecule has 0 atom stereocenters. The lowest BCUT2D eigenvalue weighted by molar-refractivity contribution is -0.116. The molecule has 2 aromatic carbocycles. The van der Waals surface area contributed by atoms with E-state index < -0.39 is 0 Å². The largest absolute Gasteiger partial charge is 0.497 e. The van der Waals surface area contributed by atoms with Crippen molar-refractivity contribution in [3.63, 3.8) is 0 Å². The van der Waals surface area contributed by atoms with Crippen LogP contribution in [0.25, 0.3) is 16.8 Å². The monoisotopic (exact) mass is 285 g/mol. The number of carbonyl (C=O) groups is 1. The van der Waals surface area contributed by atoms with Crippen molar-refractivity contribution in [1.29, 1.82) is 0 Å². The van der Waals surface area contributed by atoms with Crippen molar-refractivity contribution in [1.82, 2.24) is 5.32 Å². The minimum absolute atomic E-state index is 0.0896. The molecule has 0 aliphatic carbocycles. The summed E-state index contributed by atoms with van der Waals surface area (Å²) in [5.41, 5.74) is 0.873. The predicted octanol–water partition coefficient (Wildman–Crippen LogP) is 2.62. The Bertz CT molecular complexity index is 752. The van der Waals surface area contributed by atoms with Crippen molar-refractivity contribution in [2.24, 2.45) is 0 Å². The summed E-state index contributed by atoms with van der Waals surface area (Å²) in [4.78, 5) is 11.5. The second-order valence-corrected chi connectivity index (χ2v) is 4.70. The fourth-order valence-corrected chi connectivity index (χ4v) is 2.21. The molecule has 5 heteroatoms. The number of methoxy groups -OCH3 is 1. The topological polar surface area (TPSA) is 47.6 Å². The fraction of sp³-hybridized carbons (Fsp3) is 0.0667. The molecule has 4 nitrogen and oxygen atoms in total. The zero-order chi connectivity index (χ0) is 14.1. The van der Waals surface area contributed by atoms with Gasteiger partial charge >= 0.3 is 0 Å². The van der Waals surface area contributed by atoms with Gasteiger partial charge in [-0.3, -0.25) is 10.1 Å². The van der Waals surface area contributed by atoms with E-state index in [2.05, 4.69) is 5.32 Å². The molecule has 3 rings (SSSR count). The third-order valence-corrected chi connectivity index (χ3v) is 3.20. The Labute approximate surface area is 121 Å².